The number of carboxylic acids is 1. The van der Waals surface area contributed by atoms with E-state index in [0.29, 0.717) is 12.5 Å². The van der Waals surface area contributed by atoms with E-state index in [2.05, 4.69) is 5.10 Å². The number of aryl methyl sites for hydroxylation is 1. The fourth-order valence-electron chi connectivity index (χ4n) is 3.72. The van der Waals surface area contributed by atoms with E-state index in [1.165, 1.54) is 0 Å². The van der Waals surface area contributed by atoms with Gasteiger partial charge in [-0.15, -0.1) is 0 Å². The second-order valence-electron chi connectivity index (χ2n) is 5.88. The Labute approximate surface area is 117 Å². The minimum absolute atomic E-state index is 0.0974. The second-order valence-corrected chi connectivity index (χ2v) is 5.88. The molecular weight excluding hydrogens is 258 g/mol. The Balaban J connectivity index is 1.75. The Morgan fingerprint density at radius 1 is 1.45 bits per heavy atom. The number of aliphatic carboxylic acids is 1. The summed E-state index contributed by atoms with van der Waals surface area (Å²) in [6.07, 6.45) is 6.75. The smallest absolute Gasteiger partial charge is 0.326 e. The molecular formula is C14H19N3O3. The van der Waals surface area contributed by atoms with E-state index in [1.54, 1.807) is 29.0 Å². The number of likely N-dealkylation sites (tertiary alicyclic amines) is 1. The highest BCUT2D eigenvalue weighted by atomic mass is 16.4. The number of rotatable bonds is 3. The van der Waals surface area contributed by atoms with E-state index in [1.807, 2.05) is 0 Å². The molecule has 0 unspecified atom stereocenters. The summed E-state index contributed by atoms with van der Waals surface area (Å²) in [5.74, 6) is -0.446. The van der Waals surface area contributed by atoms with Crippen LogP contribution in [0.2, 0.25) is 0 Å². The zero-order valence-electron chi connectivity index (χ0n) is 11.5. The highest BCUT2D eigenvalue weighted by Crippen LogP contribution is 2.42. The maximum Gasteiger partial charge on any atom is 0.326 e. The molecule has 1 saturated carbocycles. The van der Waals surface area contributed by atoms with Gasteiger partial charge in [-0.05, 0) is 30.2 Å². The van der Waals surface area contributed by atoms with Crippen molar-refractivity contribution in [3.8, 4) is 0 Å². The van der Waals surface area contributed by atoms with Gasteiger partial charge >= 0.3 is 5.97 Å². The van der Waals surface area contributed by atoms with Crippen molar-refractivity contribution in [3.05, 3.63) is 18.0 Å². The van der Waals surface area contributed by atoms with Crippen molar-refractivity contribution in [2.45, 2.75) is 31.7 Å². The molecule has 0 aromatic carbocycles. The van der Waals surface area contributed by atoms with Crippen LogP contribution in [0.1, 0.15) is 24.8 Å². The van der Waals surface area contributed by atoms with Gasteiger partial charge in [0.25, 0.3) is 0 Å². The van der Waals surface area contributed by atoms with Crippen LogP contribution in [-0.2, 0) is 23.1 Å². The van der Waals surface area contributed by atoms with Crippen molar-refractivity contribution in [3.63, 3.8) is 0 Å². The molecule has 1 amide bonds. The lowest BCUT2D eigenvalue weighted by Gasteiger charge is -2.24. The molecule has 6 heteroatoms. The summed E-state index contributed by atoms with van der Waals surface area (Å²) in [6, 6.07) is -0.633. The van der Waals surface area contributed by atoms with Crippen molar-refractivity contribution in [1.29, 1.82) is 0 Å². The van der Waals surface area contributed by atoms with Crippen LogP contribution in [0.5, 0.6) is 0 Å². The number of amides is 1. The van der Waals surface area contributed by atoms with E-state index >= 15 is 0 Å². The topological polar surface area (TPSA) is 75.4 Å². The molecule has 108 valence electrons. The third-order valence-electron chi connectivity index (χ3n) is 4.58. The van der Waals surface area contributed by atoms with Crippen LogP contribution in [0.3, 0.4) is 0 Å². The number of carbonyl (C=O) groups is 2. The molecule has 1 aliphatic carbocycles. The average Bonchev–Trinajstić information content (AvgIpc) is 3.02. The number of aromatic nitrogens is 2. The Hall–Kier alpha value is -1.85. The second kappa shape index (κ2) is 4.92. The van der Waals surface area contributed by atoms with Crippen LogP contribution in [0.4, 0.5) is 0 Å². The van der Waals surface area contributed by atoms with Gasteiger partial charge in [-0.2, -0.15) is 5.10 Å². The number of hydrogen-bond donors (Lipinski definition) is 1. The van der Waals surface area contributed by atoms with Crippen LogP contribution in [0.25, 0.3) is 0 Å². The van der Waals surface area contributed by atoms with E-state index < -0.39 is 12.0 Å². The van der Waals surface area contributed by atoms with Crippen molar-refractivity contribution in [2.24, 2.45) is 18.9 Å². The van der Waals surface area contributed by atoms with E-state index in [4.69, 9.17) is 0 Å². The van der Waals surface area contributed by atoms with Gasteiger partial charge in [-0.25, -0.2) is 4.79 Å². The fourth-order valence-corrected chi connectivity index (χ4v) is 3.72. The quantitative estimate of drug-likeness (QED) is 0.881. The summed E-state index contributed by atoms with van der Waals surface area (Å²) in [5, 5.41) is 13.5. The standard InChI is InChI=1S/C14H19N3O3/c1-16-7-9(6-15-16)5-12(18)17-8-10-3-2-4-11(10)13(17)14(19)20/h6-7,10-11,13H,2-5,8H2,1H3,(H,19,20)/t10-,11-,13+/m0/s1. The Morgan fingerprint density at radius 3 is 2.90 bits per heavy atom. The molecule has 2 aliphatic rings. The summed E-state index contributed by atoms with van der Waals surface area (Å²) in [4.78, 5) is 25.5. The molecule has 1 N–H and O–H groups in total. The van der Waals surface area contributed by atoms with Crippen molar-refractivity contribution in [1.82, 2.24) is 14.7 Å². The minimum atomic E-state index is -0.862. The van der Waals surface area contributed by atoms with Gasteiger partial charge in [0.2, 0.25) is 5.91 Å². The van der Waals surface area contributed by atoms with Crippen LogP contribution >= 0.6 is 0 Å². The van der Waals surface area contributed by atoms with Crippen molar-refractivity contribution in [2.75, 3.05) is 6.54 Å². The van der Waals surface area contributed by atoms with Crippen molar-refractivity contribution < 1.29 is 14.7 Å². The Morgan fingerprint density at radius 2 is 2.25 bits per heavy atom. The van der Waals surface area contributed by atoms with Gasteiger partial charge in [0.05, 0.1) is 12.6 Å². The zero-order valence-corrected chi connectivity index (χ0v) is 11.5. The third kappa shape index (κ3) is 2.19. The lowest BCUT2D eigenvalue weighted by molar-refractivity contribution is -0.149. The predicted molar refractivity (Wildman–Crippen MR) is 70.9 cm³/mol. The number of nitrogens with zero attached hydrogens (tertiary/aromatic N) is 3. The van der Waals surface area contributed by atoms with E-state index in [9.17, 15) is 14.7 Å². The molecule has 2 fully saturated rings. The summed E-state index contributed by atoms with van der Waals surface area (Å²) in [7, 11) is 1.80. The summed E-state index contributed by atoms with van der Waals surface area (Å²) in [5.41, 5.74) is 0.832. The zero-order chi connectivity index (χ0) is 14.3. The first-order valence-corrected chi connectivity index (χ1v) is 7.06. The van der Waals surface area contributed by atoms with E-state index in [0.717, 1.165) is 24.8 Å². The Kier molecular flexibility index (Phi) is 3.23. The largest absolute Gasteiger partial charge is 0.480 e. The van der Waals surface area contributed by atoms with Gasteiger partial charge in [0, 0.05) is 19.8 Å². The van der Waals surface area contributed by atoms with Gasteiger partial charge in [-0.1, -0.05) is 6.42 Å². The maximum atomic E-state index is 12.4. The lowest BCUT2D eigenvalue weighted by atomic mass is 9.94. The predicted octanol–water partition coefficient (Wildman–Crippen LogP) is 0.674. The number of carbonyl (C=O) groups excluding carboxylic acids is 1. The summed E-state index contributed by atoms with van der Waals surface area (Å²) < 4.78 is 1.65. The molecule has 1 saturated heterocycles. The summed E-state index contributed by atoms with van der Waals surface area (Å²) >= 11 is 0. The van der Waals surface area contributed by atoms with Crippen molar-refractivity contribution >= 4 is 11.9 Å². The minimum Gasteiger partial charge on any atom is -0.480 e. The molecule has 3 rings (SSSR count). The first kappa shape index (κ1) is 13.1. The maximum absolute atomic E-state index is 12.4. The monoisotopic (exact) mass is 277 g/mol. The molecule has 0 radical (unpaired) electrons. The third-order valence-corrected chi connectivity index (χ3v) is 4.58. The Bertz CT molecular complexity index is 540. The van der Waals surface area contributed by atoms with Gasteiger partial charge in [0.15, 0.2) is 0 Å². The number of carboxylic acid groups (broad SMARTS) is 1. The van der Waals surface area contributed by atoms with Crippen LogP contribution in [-0.4, -0.2) is 44.3 Å². The molecule has 0 bridgehead atoms. The molecule has 20 heavy (non-hydrogen) atoms. The van der Waals surface area contributed by atoms with Crippen LogP contribution in [0.15, 0.2) is 12.4 Å². The molecule has 1 aliphatic heterocycles. The number of fused-ring (bicyclic) bond motifs is 1. The highest BCUT2D eigenvalue weighted by molar-refractivity contribution is 5.86. The van der Waals surface area contributed by atoms with Crippen LogP contribution in [0, 0.1) is 11.8 Å². The molecule has 6 nitrogen and oxygen atoms in total. The first-order valence-electron chi connectivity index (χ1n) is 7.06. The average molecular weight is 277 g/mol. The van der Waals surface area contributed by atoms with E-state index in [-0.39, 0.29) is 18.2 Å². The fraction of sp³-hybridized carbons (Fsp3) is 0.643. The van der Waals surface area contributed by atoms with Gasteiger partial charge in [0.1, 0.15) is 6.04 Å². The van der Waals surface area contributed by atoms with Gasteiger partial charge < -0.3 is 10.0 Å². The summed E-state index contributed by atoms with van der Waals surface area (Å²) in [6.45, 7) is 0.598. The first-order chi connectivity index (χ1) is 9.56. The molecule has 2 heterocycles. The molecule has 1 aromatic rings. The normalized spacial score (nSPS) is 28.6. The number of hydrogen-bond acceptors (Lipinski definition) is 3. The highest BCUT2D eigenvalue weighted by Gasteiger charge is 2.49. The molecule has 0 spiro atoms. The van der Waals surface area contributed by atoms with Gasteiger partial charge in [-0.3, -0.25) is 9.48 Å². The molecule has 1 aromatic heterocycles. The SMILES string of the molecule is Cn1cc(CC(=O)N2C[C@@H]3CCC[C@@H]3[C@@H]2C(=O)O)cn1. The van der Waals surface area contributed by atoms with Crippen LogP contribution < -0.4 is 0 Å². The lowest BCUT2D eigenvalue weighted by Crippen LogP contribution is -2.43. The molecule has 3 atom stereocenters.